The van der Waals surface area contributed by atoms with Crippen LogP contribution in [-0.2, 0) is 4.79 Å². The maximum atomic E-state index is 12.7. The van der Waals surface area contributed by atoms with Crippen LogP contribution in [0.2, 0.25) is 0 Å². The summed E-state index contributed by atoms with van der Waals surface area (Å²) in [5.74, 6) is 2.63. The van der Waals surface area contributed by atoms with Crippen molar-refractivity contribution in [2.75, 3.05) is 42.9 Å². The Hall–Kier alpha value is -2.47. The Labute approximate surface area is 180 Å². The second-order valence-corrected chi connectivity index (χ2v) is 8.89. The molecule has 2 heterocycles. The highest BCUT2D eigenvalue weighted by Crippen LogP contribution is 2.27. The third kappa shape index (κ3) is 5.36. The van der Waals surface area contributed by atoms with Crippen LogP contribution in [0.1, 0.15) is 62.2 Å². The highest BCUT2D eigenvalue weighted by atomic mass is 16.2. The molecular weight excluding hydrogens is 374 g/mol. The van der Waals surface area contributed by atoms with Crippen molar-refractivity contribution in [3.63, 3.8) is 0 Å². The lowest BCUT2D eigenvalue weighted by atomic mass is 9.98. The maximum absolute atomic E-state index is 12.7. The summed E-state index contributed by atoms with van der Waals surface area (Å²) >= 11 is 0. The van der Waals surface area contributed by atoms with Crippen molar-refractivity contribution in [2.45, 2.75) is 53.4 Å². The largest absolute Gasteiger partial charge is 0.354 e. The number of rotatable bonds is 6. The number of nitrogens with one attached hydrogen (secondary N) is 1. The molecule has 6 nitrogen and oxygen atoms in total. The average Bonchev–Trinajstić information content (AvgIpc) is 2.69. The van der Waals surface area contributed by atoms with Crippen LogP contribution in [0.25, 0.3) is 0 Å². The zero-order chi connectivity index (χ0) is 21.8. The number of piperazine rings is 1. The van der Waals surface area contributed by atoms with Crippen LogP contribution in [0.15, 0.2) is 24.3 Å². The van der Waals surface area contributed by atoms with Gasteiger partial charge >= 0.3 is 0 Å². The number of carbonyl (C=O) groups excluding carboxylic acids is 1. The fourth-order valence-corrected chi connectivity index (χ4v) is 3.85. The molecule has 0 aliphatic carbocycles. The maximum Gasteiger partial charge on any atom is 0.238 e. The monoisotopic (exact) mass is 409 g/mol. The Balaban J connectivity index is 1.59. The molecule has 1 aromatic carbocycles. The van der Waals surface area contributed by atoms with Gasteiger partial charge in [0.25, 0.3) is 0 Å². The van der Waals surface area contributed by atoms with Gasteiger partial charge in [0, 0.05) is 49.5 Å². The number of hydrogen-bond donors (Lipinski definition) is 1. The molecule has 1 aliphatic heterocycles. The molecule has 0 spiro atoms. The minimum atomic E-state index is 0.0552. The predicted molar refractivity (Wildman–Crippen MR) is 123 cm³/mol. The highest BCUT2D eigenvalue weighted by Gasteiger charge is 2.22. The summed E-state index contributed by atoms with van der Waals surface area (Å²) in [5, 5.41) is 3.16. The molecule has 1 N–H and O–H groups in total. The third-order valence-corrected chi connectivity index (χ3v) is 5.63. The van der Waals surface area contributed by atoms with Crippen LogP contribution < -0.4 is 10.2 Å². The SMILES string of the molecule is Cc1cc(N2CCN(CC(=O)Nc3c(C)cccc3C(C)C)CC2)nc(C(C)C)n1. The summed E-state index contributed by atoms with van der Waals surface area (Å²) in [7, 11) is 0. The second kappa shape index (κ2) is 9.56. The van der Waals surface area contributed by atoms with E-state index in [0.717, 1.165) is 54.8 Å². The smallest absolute Gasteiger partial charge is 0.238 e. The molecule has 1 fully saturated rings. The standard InChI is InChI=1S/C24H35N5O/c1-16(2)20-9-7-8-18(5)23(20)27-22(30)15-28-10-12-29(13-11-28)21-14-19(6)25-24(26-21)17(3)4/h7-9,14,16-17H,10-13,15H2,1-6H3,(H,27,30). The van der Waals surface area contributed by atoms with Crippen LogP contribution in [0.5, 0.6) is 0 Å². The first-order valence-electron chi connectivity index (χ1n) is 11.0. The molecule has 162 valence electrons. The van der Waals surface area contributed by atoms with Gasteiger partial charge < -0.3 is 10.2 Å². The van der Waals surface area contributed by atoms with Crippen LogP contribution in [0.3, 0.4) is 0 Å². The van der Waals surface area contributed by atoms with Gasteiger partial charge in [-0.1, -0.05) is 45.9 Å². The third-order valence-electron chi connectivity index (χ3n) is 5.63. The number of amides is 1. The molecule has 6 heteroatoms. The molecule has 1 saturated heterocycles. The molecule has 1 amide bonds. The van der Waals surface area contributed by atoms with Gasteiger partial charge in [-0.15, -0.1) is 0 Å². The van der Waals surface area contributed by atoms with E-state index in [1.165, 1.54) is 5.56 Å². The fraction of sp³-hybridized carbons (Fsp3) is 0.542. The average molecular weight is 410 g/mol. The molecular formula is C24H35N5O. The molecule has 0 bridgehead atoms. The summed E-state index contributed by atoms with van der Waals surface area (Å²) < 4.78 is 0. The van der Waals surface area contributed by atoms with E-state index >= 15 is 0 Å². The normalized spacial score (nSPS) is 15.1. The molecule has 0 atom stereocenters. The lowest BCUT2D eigenvalue weighted by molar-refractivity contribution is -0.117. The van der Waals surface area contributed by atoms with Crippen molar-refractivity contribution in [3.05, 3.63) is 46.9 Å². The van der Waals surface area contributed by atoms with E-state index < -0.39 is 0 Å². The van der Waals surface area contributed by atoms with Crippen molar-refractivity contribution in [2.24, 2.45) is 0 Å². The Morgan fingerprint density at radius 3 is 2.37 bits per heavy atom. The quantitative estimate of drug-likeness (QED) is 0.778. The molecule has 2 aromatic rings. The number of anilines is 2. The number of aryl methyl sites for hydroxylation is 2. The van der Waals surface area contributed by atoms with Gasteiger partial charge in [-0.3, -0.25) is 9.69 Å². The second-order valence-electron chi connectivity index (χ2n) is 8.89. The van der Waals surface area contributed by atoms with E-state index in [0.29, 0.717) is 18.4 Å². The van der Waals surface area contributed by atoms with Gasteiger partial charge in [-0.2, -0.15) is 0 Å². The Morgan fingerprint density at radius 2 is 1.73 bits per heavy atom. The minimum Gasteiger partial charge on any atom is -0.354 e. The number of nitrogens with zero attached hydrogens (tertiary/aromatic N) is 4. The van der Waals surface area contributed by atoms with Crippen molar-refractivity contribution < 1.29 is 4.79 Å². The Bertz CT molecular complexity index is 885. The van der Waals surface area contributed by atoms with E-state index in [1.807, 2.05) is 6.92 Å². The van der Waals surface area contributed by atoms with Gasteiger partial charge in [0.15, 0.2) is 0 Å². The first-order chi connectivity index (χ1) is 14.2. The number of aromatic nitrogens is 2. The Kier molecular flexibility index (Phi) is 7.08. The number of benzene rings is 1. The molecule has 1 aromatic heterocycles. The zero-order valence-corrected chi connectivity index (χ0v) is 19.2. The predicted octanol–water partition coefficient (Wildman–Crippen LogP) is 4.10. The first kappa shape index (κ1) is 22.2. The summed E-state index contributed by atoms with van der Waals surface area (Å²) in [6, 6.07) is 8.26. The van der Waals surface area contributed by atoms with E-state index in [-0.39, 0.29) is 5.91 Å². The molecule has 3 rings (SSSR count). The van der Waals surface area contributed by atoms with E-state index in [4.69, 9.17) is 4.98 Å². The van der Waals surface area contributed by atoms with Crippen LogP contribution in [0.4, 0.5) is 11.5 Å². The summed E-state index contributed by atoms with van der Waals surface area (Å²) in [6.07, 6.45) is 0. The number of para-hydroxylation sites is 1. The van der Waals surface area contributed by atoms with Crippen molar-refractivity contribution in [1.29, 1.82) is 0 Å². The van der Waals surface area contributed by atoms with Crippen LogP contribution >= 0.6 is 0 Å². The van der Waals surface area contributed by atoms with E-state index in [1.54, 1.807) is 0 Å². The molecule has 0 radical (unpaired) electrons. The van der Waals surface area contributed by atoms with Gasteiger partial charge in [0.2, 0.25) is 5.91 Å². The van der Waals surface area contributed by atoms with Crippen LogP contribution in [-0.4, -0.2) is 53.5 Å². The van der Waals surface area contributed by atoms with Crippen molar-refractivity contribution in [1.82, 2.24) is 14.9 Å². The van der Waals surface area contributed by atoms with Gasteiger partial charge in [-0.25, -0.2) is 9.97 Å². The Morgan fingerprint density at radius 1 is 1.03 bits per heavy atom. The summed E-state index contributed by atoms with van der Waals surface area (Å²) in [4.78, 5) is 26.6. The van der Waals surface area contributed by atoms with Crippen molar-refractivity contribution >= 4 is 17.4 Å². The molecule has 0 saturated carbocycles. The van der Waals surface area contributed by atoms with Crippen molar-refractivity contribution in [3.8, 4) is 0 Å². The zero-order valence-electron chi connectivity index (χ0n) is 19.2. The lowest BCUT2D eigenvalue weighted by Crippen LogP contribution is -2.49. The van der Waals surface area contributed by atoms with Crippen LogP contribution in [0, 0.1) is 13.8 Å². The molecule has 0 unspecified atom stereocenters. The minimum absolute atomic E-state index is 0.0552. The van der Waals surface area contributed by atoms with Gasteiger partial charge in [-0.05, 0) is 30.9 Å². The van der Waals surface area contributed by atoms with E-state index in [2.05, 4.69) is 79.0 Å². The number of hydrogen-bond acceptors (Lipinski definition) is 5. The summed E-state index contributed by atoms with van der Waals surface area (Å²) in [6.45, 7) is 16.5. The molecule has 30 heavy (non-hydrogen) atoms. The summed E-state index contributed by atoms with van der Waals surface area (Å²) in [5.41, 5.74) is 4.27. The number of carbonyl (C=O) groups is 1. The molecule has 1 aliphatic rings. The highest BCUT2D eigenvalue weighted by molar-refractivity contribution is 5.94. The fourth-order valence-electron chi connectivity index (χ4n) is 3.85. The van der Waals surface area contributed by atoms with Gasteiger partial charge in [0.1, 0.15) is 11.6 Å². The lowest BCUT2D eigenvalue weighted by Gasteiger charge is -2.35. The van der Waals surface area contributed by atoms with E-state index in [9.17, 15) is 4.79 Å². The first-order valence-corrected chi connectivity index (χ1v) is 11.0. The van der Waals surface area contributed by atoms with Gasteiger partial charge in [0.05, 0.1) is 6.54 Å². The topological polar surface area (TPSA) is 61.4 Å².